The Kier molecular flexibility index (Phi) is 9.43. The number of urea groups is 1. The van der Waals surface area contributed by atoms with Crippen LogP contribution in [0.5, 0.6) is 0 Å². The van der Waals surface area contributed by atoms with Crippen molar-refractivity contribution in [2.45, 2.75) is 64.1 Å². The van der Waals surface area contributed by atoms with Gasteiger partial charge in [0.15, 0.2) is 0 Å². The Morgan fingerprint density at radius 3 is 2.67 bits per heavy atom. The number of aliphatic hydroxyl groups excluding tert-OH is 1. The maximum atomic E-state index is 12.9. The predicted octanol–water partition coefficient (Wildman–Crippen LogP) is 3.31. The van der Waals surface area contributed by atoms with E-state index < -0.39 is 12.1 Å². The molecule has 1 aliphatic heterocycles. The minimum atomic E-state index is -0.824. The van der Waals surface area contributed by atoms with E-state index in [0.717, 1.165) is 12.0 Å². The lowest BCUT2D eigenvalue weighted by Gasteiger charge is -2.41. The molecule has 1 aromatic rings. The van der Waals surface area contributed by atoms with Crippen molar-refractivity contribution in [1.29, 1.82) is 0 Å². The van der Waals surface area contributed by atoms with Gasteiger partial charge < -0.3 is 20.0 Å². The summed E-state index contributed by atoms with van der Waals surface area (Å²) in [4.78, 5) is 27.1. The Balaban J connectivity index is 2.00. The predicted molar refractivity (Wildman–Crippen MR) is 117 cm³/mol. The second-order valence-corrected chi connectivity index (χ2v) is 7.80. The van der Waals surface area contributed by atoms with E-state index in [4.69, 9.17) is 5.11 Å². The van der Waals surface area contributed by atoms with Crippen LogP contribution in [0.2, 0.25) is 0 Å². The van der Waals surface area contributed by atoms with Crippen molar-refractivity contribution in [2.75, 3.05) is 13.1 Å². The van der Waals surface area contributed by atoms with Crippen molar-refractivity contribution in [2.24, 2.45) is 0 Å². The quantitative estimate of drug-likeness (QED) is 0.370. The first-order valence-electron chi connectivity index (χ1n) is 10.5. The van der Waals surface area contributed by atoms with Crippen molar-refractivity contribution in [1.82, 2.24) is 9.80 Å². The molecule has 2 rings (SSSR count). The van der Waals surface area contributed by atoms with Gasteiger partial charge in [-0.15, -0.1) is 5.92 Å². The molecule has 1 aromatic carbocycles. The number of hydrogen-bond donors (Lipinski definition) is 2. The number of carboxylic acid groups (broad SMARTS) is 1. The summed E-state index contributed by atoms with van der Waals surface area (Å²) in [7, 11) is 0. The third-order valence-corrected chi connectivity index (χ3v) is 5.09. The number of aliphatic carboxylic acids is 1. The Labute approximate surface area is 179 Å². The van der Waals surface area contributed by atoms with E-state index in [2.05, 4.69) is 11.8 Å². The van der Waals surface area contributed by atoms with E-state index in [1.54, 1.807) is 11.0 Å². The third kappa shape index (κ3) is 7.57. The van der Waals surface area contributed by atoms with Crippen LogP contribution in [0.25, 0.3) is 0 Å². The first-order chi connectivity index (χ1) is 14.4. The average Bonchev–Trinajstić information content (AvgIpc) is 2.70. The summed E-state index contributed by atoms with van der Waals surface area (Å²) in [6.07, 6.45) is 5.47. The monoisotopic (exact) mass is 412 g/mol. The number of aliphatic hydroxyl groups is 1. The second-order valence-electron chi connectivity index (χ2n) is 7.80. The van der Waals surface area contributed by atoms with Crippen molar-refractivity contribution in [3.8, 4) is 11.8 Å². The lowest BCUT2D eigenvalue weighted by molar-refractivity contribution is -0.137. The van der Waals surface area contributed by atoms with Crippen molar-refractivity contribution in [3.05, 3.63) is 48.0 Å². The maximum Gasteiger partial charge on any atom is 0.321 e. The Hall–Kier alpha value is -2.78. The minimum absolute atomic E-state index is 0.0525. The largest absolute Gasteiger partial charge is 0.481 e. The highest BCUT2D eigenvalue weighted by atomic mass is 16.4. The highest BCUT2D eigenvalue weighted by Gasteiger charge is 2.32. The average molecular weight is 413 g/mol. The molecule has 30 heavy (non-hydrogen) atoms. The number of amides is 2. The van der Waals surface area contributed by atoms with E-state index in [9.17, 15) is 14.7 Å². The fourth-order valence-electron chi connectivity index (χ4n) is 3.43. The number of benzene rings is 1. The molecular formula is C24H32N2O4. The summed E-state index contributed by atoms with van der Waals surface area (Å²) in [5.74, 6) is 5.16. The molecule has 2 atom stereocenters. The lowest BCUT2D eigenvalue weighted by atomic mass is 10.0. The molecule has 1 fully saturated rings. The molecule has 0 aromatic heterocycles. The number of nitrogens with zero attached hydrogens (tertiary/aromatic N) is 2. The second kappa shape index (κ2) is 12.0. The lowest BCUT2D eigenvalue weighted by Crippen LogP contribution is -2.55. The first kappa shape index (κ1) is 23.5. The third-order valence-electron chi connectivity index (χ3n) is 5.09. The number of carboxylic acids is 1. The molecule has 2 amide bonds. The molecule has 0 radical (unpaired) electrons. The molecule has 6 heteroatoms. The van der Waals surface area contributed by atoms with Gasteiger partial charge in [0.2, 0.25) is 0 Å². The first-order valence-corrected chi connectivity index (χ1v) is 10.5. The molecule has 6 nitrogen and oxygen atoms in total. The van der Waals surface area contributed by atoms with Crippen molar-refractivity contribution >= 4 is 12.0 Å². The zero-order chi connectivity index (χ0) is 21.9. The fraction of sp³-hybridized carbons (Fsp3) is 0.500. The van der Waals surface area contributed by atoms with E-state index >= 15 is 0 Å². The van der Waals surface area contributed by atoms with Gasteiger partial charge in [-0.25, -0.2) is 4.79 Å². The van der Waals surface area contributed by atoms with Crippen LogP contribution in [0.1, 0.15) is 45.1 Å². The molecule has 2 N–H and O–H groups in total. The zero-order valence-electron chi connectivity index (χ0n) is 17.8. The molecule has 0 aliphatic carbocycles. The van der Waals surface area contributed by atoms with Crippen molar-refractivity contribution < 1.29 is 19.8 Å². The normalized spacial score (nSPS) is 17.9. The number of carbonyl (C=O) groups excluding carboxylic acids is 1. The highest BCUT2D eigenvalue weighted by molar-refractivity contribution is 5.76. The Morgan fingerprint density at radius 1 is 1.27 bits per heavy atom. The summed E-state index contributed by atoms with van der Waals surface area (Å²) in [6, 6.07) is 9.74. The van der Waals surface area contributed by atoms with Gasteiger partial charge in [-0.2, -0.15) is 0 Å². The van der Waals surface area contributed by atoms with E-state index in [1.807, 2.05) is 55.2 Å². The smallest absolute Gasteiger partial charge is 0.321 e. The minimum Gasteiger partial charge on any atom is -0.481 e. The standard InChI is InChI=1S/C24H32N2O4/c1-19(2)25-17-15-21(13-14-22(27)18-20-10-6-5-7-11-20)26(24(25)30)16-9-4-3-8-12-23(28)29/h5-7,10-11,13-14,19,21-22,27H,3,8,12,15-18H2,1-2H3,(H,28,29)/t21-,22?/m0/s1. The van der Waals surface area contributed by atoms with Gasteiger partial charge >= 0.3 is 12.0 Å². The van der Waals surface area contributed by atoms with Gasteiger partial charge in [-0.1, -0.05) is 48.4 Å². The van der Waals surface area contributed by atoms with E-state index in [0.29, 0.717) is 32.4 Å². The highest BCUT2D eigenvalue weighted by Crippen LogP contribution is 2.19. The number of unbranched alkanes of at least 4 members (excludes halogenated alkanes) is 1. The molecule has 0 saturated carbocycles. The Bertz CT molecular complexity index is 779. The molecule has 162 valence electrons. The molecule has 1 aliphatic rings. The van der Waals surface area contributed by atoms with Gasteiger partial charge in [0.25, 0.3) is 0 Å². The van der Waals surface area contributed by atoms with Crippen LogP contribution in [0.15, 0.2) is 42.5 Å². The van der Waals surface area contributed by atoms with E-state index in [1.165, 1.54) is 0 Å². The number of hydrogen-bond acceptors (Lipinski definition) is 3. The maximum absolute atomic E-state index is 12.9. The number of rotatable bonds is 9. The SMILES string of the molecule is CC(C)N1CC[C@H](C=CC(O)Cc2ccccc2)N(CC#CCCCC(=O)O)C1=O. The molecule has 1 heterocycles. The van der Waals surface area contributed by atoms with Gasteiger partial charge in [-0.05, 0) is 32.3 Å². The molecular weight excluding hydrogens is 380 g/mol. The Morgan fingerprint density at radius 2 is 2.00 bits per heavy atom. The molecule has 0 bridgehead atoms. The van der Waals surface area contributed by atoms with Crippen LogP contribution in [0.3, 0.4) is 0 Å². The van der Waals surface area contributed by atoms with E-state index in [-0.39, 0.29) is 24.5 Å². The summed E-state index contributed by atoms with van der Waals surface area (Å²) in [5, 5.41) is 19.1. The van der Waals surface area contributed by atoms with Gasteiger partial charge in [0.05, 0.1) is 18.7 Å². The van der Waals surface area contributed by atoms with Crippen molar-refractivity contribution in [3.63, 3.8) is 0 Å². The molecule has 0 spiro atoms. The van der Waals surface area contributed by atoms with Crippen LogP contribution < -0.4 is 0 Å². The van der Waals surface area contributed by atoms with Gasteiger partial charge in [0.1, 0.15) is 0 Å². The zero-order valence-corrected chi connectivity index (χ0v) is 17.8. The summed E-state index contributed by atoms with van der Waals surface area (Å²) in [6.45, 7) is 4.95. The van der Waals surface area contributed by atoms with Crippen LogP contribution in [-0.4, -0.2) is 63.3 Å². The summed E-state index contributed by atoms with van der Waals surface area (Å²) < 4.78 is 0. The van der Waals surface area contributed by atoms with Gasteiger partial charge in [-0.3, -0.25) is 4.79 Å². The van der Waals surface area contributed by atoms with Crippen LogP contribution in [0, 0.1) is 11.8 Å². The summed E-state index contributed by atoms with van der Waals surface area (Å²) in [5.41, 5.74) is 1.06. The van der Waals surface area contributed by atoms with Gasteiger partial charge in [0, 0.05) is 31.8 Å². The fourth-order valence-corrected chi connectivity index (χ4v) is 3.43. The van der Waals surface area contributed by atoms with Crippen LogP contribution >= 0.6 is 0 Å². The topological polar surface area (TPSA) is 81.1 Å². The van der Waals surface area contributed by atoms with Crippen LogP contribution in [0.4, 0.5) is 4.79 Å². The van der Waals surface area contributed by atoms with Crippen LogP contribution in [-0.2, 0) is 11.2 Å². The molecule has 1 unspecified atom stereocenters. The molecule has 1 saturated heterocycles. The summed E-state index contributed by atoms with van der Waals surface area (Å²) >= 11 is 0. The number of carbonyl (C=O) groups is 2.